The van der Waals surface area contributed by atoms with Gasteiger partial charge in [-0.2, -0.15) is 0 Å². The van der Waals surface area contributed by atoms with Gasteiger partial charge in [-0.1, -0.05) is 36.4 Å². The van der Waals surface area contributed by atoms with Gasteiger partial charge >= 0.3 is 5.97 Å². The van der Waals surface area contributed by atoms with E-state index in [9.17, 15) is 9.59 Å². The molecule has 2 aromatic carbocycles. The molecule has 1 saturated heterocycles. The lowest BCUT2D eigenvalue weighted by atomic mass is 10.0. The molecule has 3 rings (SSSR count). The third-order valence-corrected chi connectivity index (χ3v) is 5.18. The summed E-state index contributed by atoms with van der Waals surface area (Å²) < 4.78 is 16.3. The Morgan fingerprint density at radius 2 is 1.86 bits per heavy atom. The van der Waals surface area contributed by atoms with Crippen molar-refractivity contribution in [3.63, 3.8) is 0 Å². The molecule has 1 amide bonds. The van der Waals surface area contributed by atoms with Gasteiger partial charge in [0.2, 0.25) is 0 Å². The van der Waals surface area contributed by atoms with Crippen LogP contribution >= 0.6 is 0 Å². The average Bonchev–Trinajstić information content (AvgIpc) is 3.25. The predicted molar refractivity (Wildman–Crippen MR) is 110 cm³/mol. The Kier molecular flexibility index (Phi) is 7.23. The summed E-state index contributed by atoms with van der Waals surface area (Å²) in [5, 5.41) is 5.17. The zero-order valence-corrected chi connectivity index (χ0v) is 17.2. The molecule has 156 valence electrons. The molecule has 2 aromatic rings. The van der Waals surface area contributed by atoms with Gasteiger partial charge in [0.25, 0.3) is 5.91 Å². The van der Waals surface area contributed by atoms with Crippen LogP contribution in [-0.4, -0.2) is 43.4 Å². The van der Waals surface area contributed by atoms with Crippen molar-refractivity contribution in [3.8, 4) is 0 Å². The largest absolute Gasteiger partial charge is 0.451 e. The lowest BCUT2D eigenvalue weighted by molar-refractivity contribution is -0.166. The van der Waals surface area contributed by atoms with Crippen molar-refractivity contribution in [2.24, 2.45) is 0 Å². The van der Waals surface area contributed by atoms with Crippen molar-refractivity contribution in [1.82, 2.24) is 5.32 Å². The molecule has 0 radical (unpaired) electrons. The first-order chi connectivity index (χ1) is 13.9. The van der Waals surface area contributed by atoms with Crippen LogP contribution in [0.4, 0.5) is 0 Å². The zero-order valence-electron chi connectivity index (χ0n) is 17.2. The second-order valence-electron chi connectivity index (χ2n) is 7.53. The van der Waals surface area contributed by atoms with Crippen molar-refractivity contribution in [2.75, 3.05) is 13.2 Å². The van der Waals surface area contributed by atoms with Gasteiger partial charge in [-0.25, -0.2) is 4.79 Å². The van der Waals surface area contributed by atoms with Gasteiger partial charge in [0.1, 0.15) is 0 Å². The number of amides is 1. The first kappa shape index (κ1) is 21.3. The number of carbonyl (C=O) groups excluding carboxylic acids is 2. The maximum Gasteiger partial charge on any atom is 0.335 e. The fraction of sp³-hybridized carbons (Fsp3) is 0.478. The van der Waals surface area contributed by atoms with Crippen LogP contribution in [0.3, 0.4) is 0 Å². The van der Waals surface area contributed by atoms with E-state index >= 15 is 0 Å². The Bertz CT molecular complexity index is 846. The molecule has 6 nitrogen and oxygen atoms in total. The molecule has 4 atom stereocenters. The molecule has 1 aliphatic heterocycles. The fourth-order valence-electron chi connectivity index (χ4n) is 3.31. The third kappa shape index (κ3) is 5.78. The van der Waals surface area contributed by atoms with E-state index in [1.165, 1.54) is 0 Å². The van der Waals surface area contributed by atoms with Gasteiger partial charge in [-0.05, 0) is 56.0 Å². The molecule has 1 aliphatic rings. The molecular weight excluding hydrogens is 370 g/mol. The van der Waals surface area contributed by atoms with Crippen LogP contribution < -0.4 is 5.32 Å². The summed E-state index contributed by atoms with van der Waals surface area (Å²) >= 11 is 0. The van der Waals surface area contributed by atoms with Crippen molar-refractivity contribution in [1.29, 1.82) is 0 Å². The molecule has 0 aromatic heterocycles. The lowest BCUT2D eigenvalue weighted by Crippen LogP contribution is -2.39. The van der Waals surface area contributed by atoms with Crippen LogP contribution in [0.1, 0.15) is 45.2 Å². The van der Waals surface area contributed by atoms with E-state index in [4.69, 9.17) is 14.2 Å². The van der Waals surface area contributed by atoms with E-state index < -0.39 is 18.2 Å². The summed E-state index contributed by atoms with van der Waals surface area (Å²) in [7, 11) is 0. The van der Waals surface area contributed by atoms with Crippen LogP contribution in [0.2, 0.25) is 0 Å². The SMILES string of the molecule is CC(OC(=O)C(C)OCC1CCCO1)C(=O)NC(C)c1ccc2ccccc2c1. The molecule has 0 aliphatic carbocycles. The van der Waals surface area contributed by atoms with Gasteiger partial charge in [0, 0.05) is 6.61 Å². The van der Waals surface area contributed by atoms with Crippen LogP contribution in [0.25, 0.3) is 10.8 Å². The van der Waals surface area contributed by atoms with Crippen LogP contribution in [0, 0.1) is 0 Å². The van der Waals surface area contributed by atoms with Gasteiger partial charge < -0.3 is 19.5 Å². The normalized spacial score (nSPS) is 19.5. The number of esters is 1. The maximum absolute atomic E-state index is 12.5. The number of carbonyl (C=O) groups is 2. The van der Waals surface area contributed by atoms with Crippen molar-refractivity contribution >= 4 is 22.6 Å². The Morgan fingerprint density at radius 1 is 1.10 bits per heavy atom. The maximum atomic E-state index is 12.5. The first-order valence-electron chi connectivity index (χ1n) is 10.2. The Labute approximate surface area is 171 Å². The fourth-order valence-corrected chi connectivity index (χ4v) is 3.31. The summed E-state index contributed by atoms with van der Waals surface area (Å²) in [4.78, 5) is 24.7. The molecule has 29 heavy (non-hydrogen) atoms. The molecule has 4 unspecified atom stereocenters. The molecule has 0 saturated carbocycles. The van der Waals surface area contributed by atoms with E-state index in [0.717, 1.165) is 35.8 Å². The van der Waals surface area contributed by atoms with Gasteiger partial charge in [-0.3, -0.25) is 4.79 Å². The summed E-state index contributed by atoms with van der Waals surface area (Å²) in [6.07, 6.45) is 0.340. The average molecular weight is 399 g/mol. The monoisotopic (exact) mass is 399 g/mol. The van der Waals surface area contributed by atoms with E-state index in [0.29, 0.717) is 6.61 Å². The highest BCUT2D eigenvalue weighted by atomic mass is 16.6. The topological polar surface area (TPSA) is 73.9 Å². The smallest absolute Gasteiger partial charge is 0.335 e. The summed E-state index contributed by atoms with van der Waals surface area (Å²) in [5.74, 6) is -0.894. The van der Waals surface area contributed by atoms with E-state index in [2.05, 4.69) is 11.4 Å². The molecule has 1 heterocycles. The number of nitrogens with one attached hydrogen (secondary N) is 1. The highest BCUT2D eigenvalue weighted by molar-refractivity contribution is 5.85. The van der Waals surface area contributed by atoms with Gasteiger partial charge in [-0.15, -0.1) is 0 Å². The Morgan fingerprint density at radius 3 is 2.59 bits per heavy atom. The Balaban J connectivity index is 1.48. The molecule has 1 N–H and O–H groups in total. The number of rotatable bonds is 8. The number of benzene rings is 2. The van der Waals surface area contributed by atoms with E-state index in [-0.39, 0.29) is 18.1 Å². The second-order valence-corrected chi connectivity index (χ2v) is 7.53. The Hall–Kier alpha value is -2.44. The van der Waals surface area contributed by atoms with Gasteiger partial charge in [0.15, 0.2) is 12.2 Å². The quantitative estimate of drug-likeness (QED) is 0.688. The van der Waals surface area contributed by atoms with Crippen molar-refractivity contribution in [3.05, 3.63) is 48.0 Å². The minimum Gasteiger partial charge on any atom is -0.451 e. The number of ether oxygens (including phenoxy) is 3. The van der Waals surface area contributed by atoms with E-state index in [1.807, 2.05) is 43.3 Å². The molecular formula is C23H29NO5. The predicted octanol–water partition coefficient (Wildman–Crippen LogP) is 3.53. The standard InChI is InChI=1S/C23H29NO5/c1-15(19-11-10-18-7-4-5-8-20(18)13-19)24-22(25)16(2)29-23(26)17(3)28-14-21-9-6-12-27-21/h4-5,7-8,10-11,13,15-17,21H,6,9,12,14H2,1-3H3,(H,24,25). The minimum absolute atomic E-state index is 0.0359. The number of hydrogen-bond acceptors (Lipinski definition) is 5. The molecule has 6 heteroatoms. The second kappa shape index (κ2) is 9.85. The van der Waals surface area contributed by atoms with Crippen molar-refractivity contribution in [2.45, 2.75) is 58.0 Å². The lowest BCUT2D eigenvalue weighted by Gasteiger charge is -2.20. The van der Waals surface area contributed by atoms with Crippen LogP contribution in [0.5, 0.6) is 0 Å². The number of hydrogen-bond donors (Lipinski definition) is 1. The highest BCUT2D eigenvalue weighted by Crippen LogP contribution is 2.20. The minimum atomic E-state index is -0.904. The third-order valence-electron chi connectivity index (χ3n) is 5.18. The van der Waals surface area contributed by atoms with E-state index in [1.54, 1.807) is 13.8 Å². The zero-order chi connectivity index (χ0) is 20.8. The van der Waals surface area contributed by atoms with Crippen LogP contribution in [-0.2, 0) is 23.8 Å². The summed E-state index contributed by atoms with van der Waals surface area (Å²) in [6, 6.07) is 13.9. The number of fused-ring (bicyclic) bond motifs is 1. The highest BCUT2D eigenvalue weighted by Gasteiger charge is 2.25. The molecule has 1 fully saturated rings. The summed E-state index contributed by atoms with van der Waals surface area (Å²) in [6.45, 7) is 6.19. The first-order valence-corrected chi connectivity index (χ1v) is 10.2. The van der Waals surface area contributed by atoms with Gasteiger partial charge in [0.05, 0.1) is 18.8 Å². The molecule has 0 bridgehead atoms. The molecule has 0 spiro atoms. The van der Waals surface area contributed by atoms with Crippen molar-refractivity contribution < 1.29 is 23.8 Å². The van der Waals surface area contributed by atoms with Crippen LogP contribution in [0.15, 0.2) is 42.5 Å². The summed E-state index contributed by atoms with van der Waals surface area (Å²) in [5.41, 5.74) is 0.990.